The molecule has 0 spiro atoms. The van der Waals surface area contributed by atoms with Gasteiger partial charge in [-0.15, -0.1) is 0 Å². The van der Waals surface area contributed by atoms with Gasteiger partial charge in [0.05, 0.1) is 0 Å². The Hall–Kier alpha value is -1.23. The highest BCUT2D eigenvalue weighted by molar-refractivity contribution is 5.45. The number of anilines is 1. The molecule has 1 aliphatic carbocycles. The quantitative estimate of drug-likeness (QED) is 0.818. The minimum atomic E-state index is -1.43. The van der Waals surface area contributed by atoms with Crippen LogP contribution in [0.25, 0.3) is 0 Å². The third-order valence-electron chi connectivity index (χ3n) is 3.55. The molecule has 0 aliphatic heterocycles. The maximum atomic E-state index is 13.1. The number of nitrogens with two attached hydrogens (primary N) is 1. The average molecular weight is 258 g/mol. The molecule has 0 radical (unpaired) electrons. The van der Waals surface area contributed by atoms with Crippen LogP contribution < -0.4 is 11.1 Å². The molecule has 1 saturated carbocycles. The fourth-order valence-corrected chi connectivity index (χ4v) is 2.53. The molecule has 2 atom stereocenters. The van der Waals surface area contributed by atoms with E-state index in [1.807, 2.05) is 0 Å². The van der Waals surface area contributed by atoms with Crippen LogP contribution in [0.15, 0.2) is 12.1 Å². The molecule has 2 unspecified atom stereocenters. The van der Waals surface area contributed by atoms with E-state index in [9.17, 15) is 13.2 Å². The molecule has 0 bridgehead atoms. The van der Waals surface area contributed by atoms with Crippen molar-refractivity contribution in [2.75, 3.05) is 11.9 Å². The van der Waals surface area contributed by atoms with E-state index in [0.29, 0.717) is 12.5 Å². The van der Waals surface area contributed by atoms with Gasteiger partial charge in [0.25, 0.3) is 0 Å². The van der Waals surface area contributed by atoms with Gasteiger partial charge in [-0.1, -0.05) is 12.8 Å². The maximum absolute atomic E-state index is 13.1. The number of rotatable bonds is 3. The summed E-state index contributed by atoms with van der Waals surface area (Å²) in [6, 6.07) is 2.08. The van der Waals surface area contributed by atoms with E-state index in [1.165, 1.54) is 0 Å². The Balaban J connectivity index is 2.13. The molecular formula is C13H17F3N2. The lowest BCUT2D eigenvalue weighted by atomic mass is 9.84. The van der Waals surface area contributed by atoms with Crippen molar-refractivity contribution < 1.29 is 13.2 Å². The molecule has 1 aromatic carbocycles. The molecule has 1 fully saturated rings. The standard InChI is InChI=1S/C13H17F3N2/c14-10-5-9(6-11(15)13(10)16)18-12-4-2-1-3-8(12)7-17/h5-6,8,12,18H,1-4,7,17H2. The van der Waals surface area contributed by atoms with Crippen molar-refractivity contribution in [3.05, 3.63) is 29.6 Å². The molecule has 0 heterocycles. The second-order valence-electron chi connectivity index (χ2n) is 4.78. The van der Waals surface area contributed by atoms with Crippen molar-refractivity contribution in [2.45, 2.75) is 31.7 Å². The summed E-state index contributed by atoms with van der Waals surface area (Å²) in [6.07, 6.45) is 4.13. The van der Waals surface area contributed by atoms with Gasteiger partial charge in [-0.25, -0.2) is 13.2 Å². The lowest BCUT2D eigenvalue weighted by Gasteiger charge is -2.32. The van der Waals surface area contributed by atoms with Gasteiger partial charge in [0.2, 0.25) is 0 Å². The van der Waals surface area contributed by atoms with Crippen LogP contribution in [-0.2, 0) is 0 Å². The van der Waals surface area contributed by atoms with Crippen molar-refractivity contribution >= 4 is 5.69 Å². The van der Waals surface area contributed by atoms with Gasteiger partial charge in [-0.05, 0) is 25.3 Å². The lowest BCUT2D eigenvalue weighted by Crippen LogP contribution is -2.36. The zero-order valence-corrected chi connectivity index (χ0v) is 10.1. The van der Waals surface area contributed by atoms with Crippen LogP contribution in [0.5, 0.6) is 0 Å². The number of benzene rings is 1. The van der Waals surface area contributed by atoms with E-state index in [-0.39, 0.29) is 11.7 Å². The van der Waals surface area contributed by atoms with Crippen molar-refractivity contribution in [1.29, 1.82) is 0 Å². The number of halogens is 3. The third kappa shape index (κ3) is 2.77. The van der Waals surface area contributed by atoms with E-state index >= 15 is 0 Å². The maximum Gasteiger partial charge on any atom is 0.194 e. The second kappa shape index (κ2) is 5.61. The predicted octanol–water partition coefficient (Wildman–Crippen LogP) is 3.03. The molecule has 0 saturated heterocycles. The minimum absolute atomic E-state index is 0.105. The first-order chi connectivity index (χ1) is 8.61. The smallest absolute Gasteiger partial charge is 0.194 e. The van der Waals surface area contributed by atoms with E-state index in [0.717, 1.165) is 37.8 Å². The summed E-state index contributed by atoms with van der Waals surface area (Å²) < 4.78 is 39.0. The van der Waals surface area contributed by atoms with Gasteiger partial charge in [-0.3, -0.25) is 0 Å². The summed E-state index contributed by atoms with van der Waals surface area (Å²) in [5, 5.41) is 3.06. The fraction of sp³-hybridized carbons (Fsp3) is 0.538. The van der Waals surface area contributed by atoms with Crippen molar-refractivity contribution in [3.8, 4) is 0 Å². The summed E-state index contributed by atoms with van der Waals surface area (Å²) in [5.41, 5.74) is 5.96. The Bertz CT molecular complexity index is 400. The Kier molecular flexibility index (Phi) is 4.11. The molecule has 2 rings (SSSR count). The van der Waals surface area contributed by atoms with Crippen LogP contribution >= 0.6 is 0 Å². The van der Waals surface area contributed by atoms with Crippen LogP contribution in [0.3, 0.4) is 0 Å². The second-order valence-corrected chi connectivity index (χ2v) is 4.78. The van der Waals surface area contributed by atoms with E-state index < -0.39 is 17.5 Å². The highest BCUT2D eigenvalue weighted by Crippen LogP contribution is 2.27. The fourth-order valence-electron chi connectivity index (χ4n) is 2.53. The van der Waals surface area contributed by atoms with Crippen molar-refractivity contribution in [3.63, 3.8) is 0 Å². The number of nitrogens with one attached hydrogen (secondary N) is 1. The van der Waals surface area contributed by atoms with E-state index in [1.54, 1.807) is 0 Å². The summed E-state index contributed by atoms with van der Waals surface area (Å²) >= 11 is 0. The topological polar surface area (TPSA) is 38.0 Å². The van der Waals surface area contributed by atoms with Crippen LogP contribution in [-0.4, -0.2) is 12.6 Å². The Labute approximate surface area is 104 Å². The highest BCUT2D eigenvalue weighted by atomic mass is 19.2. The first kappa shape index (κ1) is 13.2. The van der Waals surface area contributed by atoms with E-state index in [4.69, 9.17) is 5.73 Å². The average Bonchev–Trinajstić information content (AvgIpc) is 2.36. The van der Waals surface area contributed by atoms with Crippen LogP contribution in [0.4, 0.5) is 18.9 Å². The Morgan fingerprint density at radius 2 is 1.72 bits per heavy atom. The number of hydrogen-bond donors (Lipinski definition) is 2. The normalized spacial score (nSPS) is 24.0. The molecule has 100 valence electrons. The summed E-state index contributed by atoms with van der Waals surface area (Å²) in [7, 11) is 0. The molecule has 18 heavy (non-hydrogen) atoms. The predicted molar refractivity (Wildman–Crippen MR) is 64.7 cm³/mol. The molecule has 1 aliphatic rings. The molecule has 2 nitrogen and oxygen atoms in total. The van der Waals surface area contributed by atoms with Gasteiger partial charge in [0, 0.05) is 23.9 Å². The molecule has 0 amide bonds. The summed E-state index contributed by atoms with van der Waals surface area (Å²) in [6.45, 7) is 0.545. The minimum Gasteiger partial charge on any atom is -0.382 e. The first-order valence-corrected chi connectivity index (χ1v) is 6.23. The van der Waals surface area contributed by atoms with Gasteiger partial charge < -0.3 is 11.1 Å². The van der Waals surface area contributed by atoms with Crippen LogP contribution in [0, 0.1) is 23.4 Å². The largest absolute Gasteiger partial charge is 0.382 e. The lowest BCUT2D eigenvalue weighted by molar-refractivity contribution is 0.332. The monoisotopic (exact) mass is 258 g/mol. The first-order valence-electron chi connectivity index (χ1n) is 6.23. The van der Waals surface area contributed by atoms with Crippen LogP contribution in [0.1, 0.15) is 25.7 Å². The SMILES string of the molecule is NCC1CCCCC1Nc1cc(F)c(F)c(F)c1. The van der Waals surface area contributed by atoms with Crippen molar-refractivity contribution in [1.82, 2.24) is 0 Å². The van der Waals surface area contributed by atoms with Crippen LogP contribution in [0.2, 0.25) is 0 Å². The highest BCUT2D eigenvalue weighted by Gasteiger charge is 2.24. The van der Waals surface area contributed by atoms with Crippen molar-refractivity contribution in [2.24, 2.45) is 11.7 Å². The van der Waals surface area contributed by atoms with Gasteiger partial charge in [0.15, 0.2) is 17.5 Å². The molecule has 3 N–H and O–H groups in total. The number of hydrogen-bond acceptors (Lipinski definition) is 2. The Morgan fingerprint density at radius 3 is 2.33 bits per heavy atom. The third-order valence-corrected chi connectivity index (χ3v) is 3.55. The zero-order valence-electron chi connectivity index (χ0n) is 10.1. The Morgan fingerprint density at radius 1 is 1.11 bits per heavy atom. The summed E-state index contributed by atoms with van der Waals surface area (Å²) in [5.74, 6) is -3.47. The van der Waals surface area contributed by atoms with Gasteiger partial charge in [0.1, 0.15) is 0 Å². The molecule has 1 aromatic rings. The summed E-state index contributed by atoms with van der Waals surface area (Å²) in [4.78, 5) is 0. The molecule has 0 aromatic heterocycles. The van der Waals surface area contributed by atoms with Gasteiger partial charge >= 0.3 is 0 Å². The molecule has 5 heteroatoms. The van der Waals surface area contributed by atoms with Gasteiger partial charge in [-0.2, -0.15) is 0 Å². The molecular weight excluding hydrogens is 241 g/mol. The zero-order chi connectivity index (χ0) is 13.1. The van der Waals surface area contributed by atoms with E-state index in [2.05, 4.69) is 5.32 Å².